The molecule has 0 spiro atoms. The van der Waals surface area contributed by atoms with E-state index in [2.05, 4.69) is 34.1 Å². The molecule has 3 rings (SSSR count). The summed E-state index contributed by atoms with van der Waals surface area (Å²) >= 11 is 0. The van der Waals surface area contributed by atoms with E-state index in [-0.39, 0.29) is 5.91 Å². The molecule has 0 radical (unpaired) electrons. The van der Waals surface area contributed by atoms with E-state index < -0.39 is 0 Å². The van der Waals surface area contributed by atoms with Crippen molar-refractivity contribution in [2.24, 2.45) is 0 Å². The number of benzene rings is 1. The van der Waals surface area contributed by atoms with Crippen molar-refractivity contribution >= 4 is 11.6 Å². The molecule has 0 unspecified atom stereocenters. The topological polar surface area (TPSA) is 26.8 Å². The van der Waals surface area contributed by atoms with Crippen molar-refractivity contribution in [1.82, 2.24) is 9.80 Å². The monoisotopic (exact) mass is 315 g/mol. The van der Waals surface area contributed by atoms with E-state index in [4.69, 9.17) is 0 Å². The highest BCUT2D eigenvalue weighted by Gasteiger charge is 2.19. The number of anilines is 1. The van der Waals surface area contributed by atoms with Gasteiger partial charge in [0.15, 0.2) is 0 Å². The second-order valence-electron chi connectivity index (χ2n) is 6.97. The molecule has 4 nitrogen and oxygen atoms in total. The number of hydrogen-bond acceptors (Lipinski definition) is 3. The summed E-state index contributed by atoms with van der Waals surface area (Å²) in [4.78, 5) is 18.8. The van der Waals surface area contributed by atoms with Crippen molar-refractivity contribution in [3.63, 3.8) is 0 Å². The van der Waals surface area contributed by atoms with Gasteiger partial charge in [-0.15, -0.1) is 0 Å². The molecule has 4 heteroatoms. The minimum absolute atomic E-state index is 0.273. The number of likely N-dealkylation sites (N-methyl/N-ethyl adjacent to an activating group) is 1. The molecule has 0 saturated carbocycles. The van der Waals surface area contributed by atoms with Gasteiger partial charge < -0.3 is 9.80 Å². The number of piperidine rings is 1. The molecular weight excluding hydrogens is 286 g/mol. The lowest BCUT2D eigenvalue weighted by Gasteiger charge is -2.29. The quantitative estimate of drug-likeness (QED) is 0.836. The van der Waals surface area contributed by atoms with Crippen LogP contribution in [0.15, 0.2) is 24.3 Å². The van der Waals surface area contributed by atoms with Crippen LogP contribution in [0.2, 0.25) is 0 Å². The highest BCUT2D eigenvalue weighted by atomic mass is 16.2. The first-order chi connectivity index (χ1) is 11.2. The zero-order valence-electron chi connectivity index (χ0n) is 14.3. The number of rotatable bonds is 5. The molecule has 0 bridgehead atoms. The molecule has 0 N–H and O–H groups in total. The summed E-state index contributed by atoms with van der Waals surface area (Å²) < 4.78 is 0. The summed E-state index contributed by atoms with van der Waals surface area (Å²) in [5.41, 5.74) is 2.62. The Kier molecular flexibility index (Phi) is 5.55. The predicted octanol–water partition coefficient (Wildman–Crippen LogP) is 2.73. The zero-order valence-corrected chi connectivity index (χ0v) is 14.3. The fourth-order valence-corrected chi connectivity index (χ4v) is 3.63. The van der Waals surface area contributed by atoms with Crippen molar-refractivity contribution < 1.29 is 4.79 Å². The number of carbonyl (C=O) groups excluding carboxylic acids is 1. The number of amides is 1. The lowest BCUT2D eigenvalue weighted by molar-refractivity contribution is -0.131. The molecule has 1 aromatic carbocycles. The largest absolute Gasteiger partial charge is 0.372 e. The van der Waals surface area contributed by atoms with Gasteiger partial charge in [-0.3, -0.25) is 9.69 Å². The molecule has 1 aromatic rings. The van der Waals surface area contributed by atoms with Gasteiger partial charge in [-0.2, -0.15) is 0 Å². The lowest BCUT2D eigenvalue weighted by atomic mass is 10.1. The molecule has 2 fully saturated rings. The standard InChI is InChI=1S/C19H29N3O/c1-20(16-19(23)22-13-5-6-14-22)15-17-7-9-18(10-8-17)21-11-3-2-4-12-21/h7-10H,2-6,11-16H2,1H3. The van der Waals surface area contributed by atoms with Gasteiger partial charge in [-0.1, -0.05) is 12.1 Å². The van der Waals surface area contributed by atoms with Crippen molar-refractivity contribution in [2.75, 3.05) is 44.7 Å². The molecule has 0 aliphatic carbocycles. The molecule has 1 amide bonds. The summed E-state index contributed by atoms with van der Waals surface area (Å²) in [6.45, 7) is 5.61. The summed E-state index contributed by atoms with van der Waals surface area (Å²) in [5, 5.41) is 0. The Bertz CT molecular complexity index is 502. The van der Waals surface area contributed by atoms with E-state index in [1.807, 2.05) is 11.9 Å². The van der Waals surface area contributed by atoms with Crippen LogP contribution in [0.4, 0.5) is 5.69 Å². The van der Waals surface area contributed by atoms with E-state index in [1.54, 1.807) is 0 Å². The molecular formula is C19H29N3O. The van der Waals surface area contributed by atoms with E-state index >= 15 is 0 Å². The van der Waals surface area contributed by atoms with E-state index in [9.17, 15) is 4.79 Å². The van der Waals surface area contributed by atoms with Crippen LogP contribution in [0.5, 0.6) is 0 Å². The van der Waals surface area contributed by atoms with Gasteiger partial charge in [-0.05, 0) is 56.8 Å². The fourth-order valence-electron chi connectivity index (χ4n) is 3.63. The maximum Gasteiger partial charge on any atom is 0.236 e. The first-order valence-electron chi connectivity index (χ1n) is 9.02. The second kappa shape index (κ2) is 7.82. The highest BCUT2D eigenvalue weighted by Crippen LogP contribution is 2.20. The Hall–Kier alpha value is -1.55. The van der Waals surface area contributed by atoms with Crippen molar-refractivity contribution in [1.29, 1.82) is 0 Å². The molecule has 0 atom stereocenters. The molecule has 2 heterocycles. The van der Waals surface area contributed by atoms with Crippen LogP contribution in [-0.2, 0) is 11.3 Å². The third-order valence-corrected chi connectivity index (χ3v) is 4.97. The Morgan fingerprint density at radius 3 is 2.22 bits per heavy atom. The van der Waals surface area contributed by atoms with Gasteiger partial charge in [-0.25, -0.2) is 0 Å². The minimum atomic E-state index is 0.273. The smallest absolute Gasteiger partial charge is 0.236 e. The van der Waals surface area contributed by atoms with Gasteiger partial charge in [0, 0.05) is 38.4 Å². The summed E-state index contributed by atoms with van der Waals surface area (Å²) in [7, 11) is 2.03. The molecule has 2 aliphatic heterocycles. The summed E-state index contributed by atoms with van der Waals surface area (Å²) in [6, 6.07) is 8.88. The summed E-state index contributed by atoms with van der Waals surface area (Å²) in [5.74, 6) is 0.273. The Morgan fingerprint density at radius 1 is 0.957 bits per heavy atom. The third-order valence-electron chi connectivity index (χ3n) is 4.97. The van der Waals surface area contributed by atoms with Crippen molar-refractivity contribution in [2.45, 2.75) is 38.6 Å². The van der Waals surface area contributed by atoms with Crippen LogP contribution in [0.3, 0.4) is 0 Å². The minimum Gasteiger partial charge on any atom is -0.372 e. The Labute approximate surface area is 140 Å². The maximum atomic E-state index is 12.2. The maximum absolute atomic E-state index is 12.2. The average molecular weight is 315 g/mol. The average Bonchev–Trinajstić information content (AvgIpc) is 3.11. The van der Waals surface area contributed by atoms with Gasteiger partial charge in [0.2, 0.25) is 5.91 Å². The van der Waals surface area contributed by atoms with Crippen LogP contribution >= 0.6 is 0 Å². The van der Waals surface area contributed by atoms with Crippen LogP contribution in [0.1, 0.15) is 37.7 Å². The second-order valence-corrected chi connectivity index (χ2v) is 6.97. The lowest BCUT2D eigenvalue weighted by Crippen LogP contribution is -2.37. The van der Waals surface area contributed by atoms with E-state index in [0.717, 1.165) is 32.5 Å². The molecule has 126 valence electrons. The van der Waals surface area contributed by atoms with Gasteiger partial charge in [0.1, 0.15) is 0 Å². The summed E-state index contributed by atoms with van der Waals surface area (Å²) in [6.07, 6.45) is 6.30. The van der Waals surface area contributed by atoms with Gasteiger partial charge in [0.05, 0.1) is 6.54 Å². The Morgan fingerprint density at radius 2 is 1.57 bits per heavy atom. The fraction of sp³-hybridized carbons (Fsp3) is 0.632. The Balaban J connectivity index is 1.49. The van der Waals surface area contributed by atoms with Gasteiger partial charge >= 0.3 is 0 Å². The van der Waals surface area contributed by atoms with Crippen LogP contribution in [0, 0.1) is 0 Å². The predicted molar refractivity (Wildman–Crippen MR) is 94.7 cm³/mol. The SMILES string of the molecule is CN(CC(=O)N1CCCC1)Cc1ccc(N2CCCCC2)cc1. The number of likely N-dealkylation sites (tertiary alicyclic amines) is 1. The highest BCUT2D eigenvalue weighted by molar-refractivity contribution is 5.78. The van der Waals surface area contributed by atoms with Crippen LogP contribution in [-0.4, -0.2) is 55.5 Å². The van der Waals surface area contributed by atoms with Crippen LogP contribution in [0.25, 0.3) is 0 Å². The normalized spacial score (nSPS) is 18.7. The van der Waals surface area contributed by atoms with Crippen molar-refractivity contribution in [3.05, 3.63) is 29.8 Å². The molecule has 23 heavy (non-hydrogen) atoms. The van der Waals surface area contributed by atoms with Gasteiger partial charge in [0.25, 0.3) is 0 Å². The number of carbonyl (C=O) groups is 1. The molecule has 0 aromatic heterocycles. The first kappa shape index (κ1) is 16.3. The number of hydrogen-bond donors (Lipinski definition) is 0. The number of nitrogens with zero attached hydrogens (tertiary/aromatic N) is 3. The van der Waals surface area contributed by atoms with E-state index in [1.165, 1.54) is 43.6 Å². The van der Waals surface area contributed by atoms with Crippen molar-refractivity contribution in [3.8, 4) is 0 Å². The third kappa shape index (κ3) is 4.47. The van der Waals surface area contributed by atoms with Crippen LogP contribution < -0.4 is 4.90 Å². The molecule has 2 saturated heterocycles. The zero-order chi connectivity index (χ0) is 16.1. The molecule has 2 aliphatic rings. The van der Waals surface area contributed by atoms with E-state index in [0.29, 0.717) is 6.54 Å². The first-order valence-corrected chi connectivity index (χ1v) is 9.02.